The maximum atomic E-state index is 12.7. The molecule has 0 rings (SSSR count). The highest BCUT2D eigenvalue weighted by molar-refractivity contribution is 5.71. The SMILES string of the molecule is CCCCCCCCCCCCCCCCCCC(=O)OC[C@H](COC(=O)CCCCCCCCC(C)CC)OC(=O)CCCCCCCCCCC. The second-order valence-corrected chi connectivity index (χ2v) is 16.3. The molecule has 0 bridgehead atoms. The molecule has 0 aliphatic rings. The molecule has 53 heavy (non-hydrogen) atoms. The molecule has 0 saturated carbocycles. The maximum Gasteiger partial charge on any atom is 0.306 e. The van der Waals surface area contributed by atoms with Crippen molar-refractivity contribution in [2.24, 2.45) is 5.92 Å². The van der Waals surface area contributed by atoms with Crippen molar-refractivity contribution in [1.29, 1.82) is 0 Å². The normalized spacial score (nSPS) is 12.5. The smallest absolute Gasteiger partial charge is 0.306 e. The molecule has 0 aromatic heterocycles. The van der Waals surface area contributed by atoms with E-state index in [1.807, 2.05) is 0 Å². The van der Waals surface area contributed by atoms with Gasteiger partial charge >= 0.3 is 17.9 Å². The van der Waals surface area contributed by atoms with E-state index in [-0.39, 0.29) is 31.1 Å². The largest absolute Gasteiger partial charge is 0.462 e. The van der Waals surface area contributed by atoms with Crippen LogP contribution < -0.4 is 0 Å². The first kappa shape index (κ1) is 51.4. The first-order valence-corrected chi connectivity index (χ1v) is 23.4. The molecular weight excluding hydrogens is 661 g/mol. The van der Waals surface area contributed by atoms with Crippen LogP contribution in [-0.2, 0) is 28.6 Å². The van der Waals surface area contributed by atoms with Crippen LogP contribution in [-0.4, -0.2) is 37.2 Å². The fourth-order valence-corrected chi connectivity index (χ4v) is 6.95. The minimum atomic E-state index is -0.759. The quantitative estimate of drug-likeness (QED) is 0.0351. The van der Waals surface area contributed by atoms with Gasteiger partial charge in [-0.25, -0.2) is 0 Å². The summed E-state index contributed by atoms with van der Waals surface area (Å²) in [7, 11) is 0. The van der Waals surface area contributed by atoms with Gasteiger partial charge in [0.25, 0.3) is 0 Å². The summed E-state index contributed by atoms with van der Waals surface area (Å²) in [5.41, 5.74) is 0. The molecule has 0 saturated heterocycles. The second kappa shape index (κ2) is 41.6. The van der Waals surface area contributed by atoms with Gasteiger partial charge in [0, 0.05) is 19.3 Å². The Bertz CT molecular complexity index is 798. The highest BCUT2D eigenvalue weighted by Crippen LogP contribution is 2.17. The van der Waals surface area contributed by atoms with E-state index in [4.69, 9.17) is 14.2 Å². The van der Waals surface area contributed by atoms with E-state index in [2.05, 4.69) is 27.7 Å². The third kappa shape index (κ3) is 39.9. The average Bonchev–Trinajstić information content (AvgIpc) is 3.15. The van der Waals surface area contributed by atoms with Gasteiger partial charge in [-0.15, -0.1) is 0 Å². The molecule has 314 valence electrons. The zero-order valence-corrected chi connectivity index (χ0v) is 36.0. The molecule has 0 heterocycles. The third-order valence-electron chi connectivity index (χ3n) is 10.9. The minimum absolute atomic E-state index is 0.0644. The number of carbonyl (C=O) groups is 3. The van der Waals surface area contributed by atoms with Gasteiger partial charge in [-0.05, 0) is 25.2 Å². The van der Waals surface area contributed by atoms with Gasteiger partial charge in [0.1, 0.15) is 13.2 Å². The fourth-order valence-electron chi connectivity index (χ4n) is 6.95. The fraction of sp³-hybridized carbons (Fsp3) is 0.936. The Balaban J connectivity index is 4.26. The van der Waals surface area contributed by atoms with Crippen LogP contribution in [0.3, 0.4) is 0 Å². The zero-order chi connectivity index (χ0) is 38.9. The van der Waals surface area contributed by atoms with E-state index in [0.29, 0.717) is 19.3 Å². The van der Waals surface area contributed by atoms with Crippen LogP contribution in [0.2, 0.25) is 0 Å². The summed E-state index contributed by atoms with van der Waals surface area (Å²) < 4.78 is 16.7. The molecule has 0 aliphatic carbocycles. The van der Waals surface area contributed by atoms with Gasteiger partial charge in [-0.3, -0.25) is 14.4 Å². The van der Waals surface area contributed by atoms with Crippen molar-refractivity contribution in [3.05, 3.63) is 0 Å². The molecule has 1 unspecified atom stereocenters. The summed E-state index contributed by atoms with van der Waals surface area (Å²) in [5.74, 6) is -0.0433. The highest BCUT2D eigenvalue weighted by atomic mass is 16.6. The molecule has 6 heteroatoms. The summed E-state index contributed by atoms with van der Waals surface area (Å²) >= 11 is 0. The molecule has 0 aromatic rings. The summed E-state index contributed by atoms with van der Waals surface area (Å²) in [4.78, 5) is 37.7. The van der Waals surface area contributed by atoms with Crippen molar-refractivity contribution in [3.8, 4) is 0 Å². The van der Waals surface area contributed by atoms with Crippen LogP contribution in [0.4, 0.5) is 0 Å². The van der Waals surface area contributed by atoms with Crippen molar-refractivity contribution in [2.75, 3.05) is 13.2 Å². The topological polar surface area (TPSA) is 78.9 Å². The van der Waals surface area contributed by atoms with Crippen molar-refractivity contribution in [2.45, 2.75) is 265 Å². The van der Waals surface area contributed by atoms with Crippen LogP contribution >= 0.6 is 0 Å². The number of esters is 3. The molecule has 0 radical (unpaired) electrons. The predicted molar refractivity (Wildman–Crippen MR) is 224 cm³/mol. The Morgan fingerprint density at radius 1 is 0.377 bits per heavy atom. The minimum Gasteiger partial charge on any atom is -0.462 e. The molecule has 0 spiro atoms. The lowest BCUT2D eigenvalue weighted by Gasteiger charge is -2.18. The summed E-state index contributed by atoms with van der Waals surface area (Å²) in [6, 6.07) is 0. The molecule has 0 fully saturated rings. The molecule has 0 amide bonds. The Kier molecular flexibility index (Phi) is 40.3. The lowest BCUT2D eigenvalue weighted by molar-refractivity contribution is -0.167. The molecule has 6 nitrogen and oxygen atoms in total. The number of hydrogen-bond donors (Lipinski definition) is 0. The second-order valence-electron chi connectivity index (χ2n) is 16.3. The highest BCUT2D eigenvalue weighted by Gasteiger charge is 2.19. The lowest BCUT2D eigenvalue weighted by atomic mass is 10.00. The molecule has 2 atom stereocenters. The third-order valence-corrected chi connectivity index (χ3v) is 10.9. The van der Waals surface area contributed by atoms with Crippen molar-refractivity contribution in [1.82, 2.24) is 0 Å². The summed E-state index contributed by atoms with van der Waals surface area (Å²) in [6.07, 6.45) is 40.9. The predicted octanol–water partition coefficient (Wildman–Crippen LogP) is 14.7. The number of ether oxygens (including phenoxy) is 3. The van der Waals surface area contributed by atoms with Crippen molar-refractivity contribution in [3.63, 3.8) is 0 Å². The molecular formula is C47H90O6. The standard InChI is InChI=1S/C47H90O6/c1-5-8-10-12-14-16-17-18-19-20-21-22-24-25-30-34-38-45(48)51-41-44(53-47(50)40-36-32-26-23-15-13-11-9-6-2)42-52-46(49)39-35-31-28-27-29-33-37-43(4)7-3/h43-44H,5-42H2,1-4H3/t43?,44-/m1/s1. The Labute approximate surface area is 329 Å². The van der Waals surface area contributed by atoms with Gasteiger partial charge in [-0.2, -0.15) is 0 Å². The zero-order valence-electron chi connectivity index (χ0n) is 36.0. The average molecular weight is 751 g/mol. The van der Waals surface area contributed by atoms with Crippen molar-refractivity contribution < 1.29 is 28.6 Å². The number of unbranched alkanes of at least 4 members (excludes halogenated alkanes) is 28. The van der Waals surface area contributed by atoms with Crippen LogP contribution in [0, 0.1) is 5.92 Å². The van der Waals surface area contributed by atoms with E-state index in [1.165, 1.54) is 154 Å². The monoisotopic (exact) mass is 751 g/mol. The van der Waals surface area contributed by atoms with Gasteiger partial charge in [-0.1, -0.05) is 220 Å². The van der Waals surface area contributed by atoms with Crippen molar-refractivity contribution >= 4 is 17.9 Å². The van der Waals surface area contributed by atoms with Crippen LogP contribution in [0.25, 0.3) is 0 Å². The van der Waals surface area contributed by atoms with Crippen LogP contribution in [0.5, 0.6) is 0 Å². The number of hydrogen-bond acceptors (Lipinski definition) is 6. The lowest BCUT2D eigenvalue weighted by Crippen LogP contribution is -2.30. The number of carbonyl (C=O) groups excluding carboxylic acids is 3. The Morgan fingerprint density at radius 2 is 0.660 bits per heavy atom. The molecule has 0 aliphatic heterocycles. The van der Waals surface area contributed by atoms with E-state index in [0.717, 1.165) is 63.7 Å². The van der Waals surface area contributed by atoms with Crippen LogP contribution in [0.1, 0.15) is 259 Å². The number of rotatable bonds is 42. The summed E-state index contributed by atoms with van der Waals surface area (Å²) in [6.45, 7) is 8.96. The van der Waals surface area contributed by atoms with Gasteiger partial charge in [0.05, 0.1) is 0 Å². The first-order valence-electron chi connectivity index (χ1n) is 23.4. The maximum absolute atomic E-state index is 12.7. The van der Waals surface area contributed by atoms with E-state index >= 15 is 0 Å². The Hall–Kier alpha value is -1.59. The summed E-state index contributed by atoms with van der Waals surface area (Å²) in [5, 5.41) is 0. The molecule has 0 aromatic carbocycles. The van der Waals surface area contributed by atoms with E-state index < -0.39 is 6.10 Å². The van der Waals surface area contributed by atoms with Gasteiger partial charge in [0.2, 0.25) is 0 Å². The molecule has 0 N–H and O–H groups in total. The van der Waals surface area contributed by atoms with Gasteiger partial charge < -0.3 is 14.2 Å². The Morgan fingerprint density at radius 3 is 0.981 bits per heavy atom. The van der Waals surface area contributed by atoms with E-state index in [1.54, 1.807) is 0 Å². The van der Waals surface area contributed by atoms with Gasteiger partial charge in [0.15, 0.2) is 6.10 Å². The van der Waals surface area contributed by atoms with Crippen LogP contribution in [0.15, 0.2) is 0 Å². The first-order chi connectivity index (χ1) is 25.9. The van der Waals surface area contributed by atoms with E-state index in [9.17, 15) is 14.4 Å².